The Kier molecular flexibility index (Phi) is 6.33. The number of benzene rings is 1. The van der Waals surface area contributed by atoms with Crippen molar-refractivity contribution < 1.29 is 14.1 Å². The van der Waals surface area contributed by atoms with Gasteiger partial charge in [-0.25, -0.2) is 4.98 Å². The molecule has 27 heavy (non-hydrogen) atoms. The van der Waals surface area contributed by atoms with Gasteiger partial charge in [0.15, 0.2) is 0 Å². The van der Waals surface area contributed by atoms with E-state index in [-0.39, 0.29) is 28.9 Å². The lowest BCUT2D eigenvalue weighted by molar-refractivity contribution is -0.402. The second kappa shape index (κ2) is 8.48. The van der Waals surface area contributed by atoms with Crippen LogP contribution in [0.2, 0.25) is 5.02 Å². The zero-order valence-corrected chi connectivity index (χ0v) is 15.2. The highest BCUT2D eigenvalue weighted by Crippen LogP contribution is 2.28. The third-order valence-electron chi connectivity index (χ3n) is 3.52. The monoisotopic (exact) mass is 405 g/mol. The molecule has 2 aromatic heterocycles. The first-order chi connectivity index (χ1) is 12.5. The van der Waals surface area contributed by atoms with E-state index >= 15 is 0 Å². The van der Waals surface area contributed by atoms with Crippen LogP contribution in [0.1, 0.15) is 21.8 Å². The molecule has 0 unspecified atom stereocenters. The number of nitrogens with two attached hydrogens (primary N) is 1. The number of amides is 1. The van der Waals surface area contributed by atoms with E-state index in [0.29, 0.717) is 22.4 Å². The highest BCUT2D eigenvalue weighted by Gasteiger charge is 2.15. The number of furan rings is 1. The third kappa shape index (κ3) is 4.33. The minimum atomic E-state index is -0.637. The maximum atomic E-state index is 11.8. The molecule has 3 rings (SSSR count). The smallest absolute Gasteiger partial charge is 0.401 e. The van der Waals surface area contributed by atoms with E-state index in [9.17, 15) is 14.9 Å². The summed E-state index contributed by atoms with van der Waals surface area (Å²) in [6.07, 6.45) is 6.39. The van der Waals surface area contributed by atoms with Crippen molar-refractivity contribution in [1.29, 1.82) is 0 Å². The van der Waals surface area contributed by atoms with Crippen molar-refractivity contribution in [1.82, 2.24) is 4.98 Å². The summed E-state index contributed by atoms with van der Waals surface area (Å²) in [7, 11) is 0. The number of aromatic nitrogens is 1. The maximum Gasteiger partial charge on any atom is 0.433 e. The maximum absolute atomic E-state index is 11.8. The second-order valence-electron chi connectivity index (χ2n) is 5.22. The van der Waals surface area contributed by atoms with E-state index in [1.807, 2.05) is 0 Å². The molecule has 9 heteroatoms. The number of carbonyl (C=O) groups is 1. The molecule has 0 aliphatic carbocycles. The lowest BCUT2D eigenvalue weighted by atomic mass is 10.1. The van der Waals surface area contributed by atoms with Gasteiger partial charge in [0.2, 0.25) is 0 Å². The number of primary amides is 1. The summed E-state index contributed by atoms with van der Waals surface area (Å²) in [5.41, 5.74) is 6.64. The number of fused-ring (bicyclic) bond motifs is 1. The summed E-state index contributed by atoms with van der Waals surface area (Å²) in [6.45, 7) is 0. The van der Waals surface area contributed by atoms with Gasteiger partial charge in [-0.2, -0.15) is 0 Å². The topological polar surface area (TPSA) is 112 Å². The summed E-state index contributed by atoms with van der Waals surface area (Å²) in [4.78, 5) is 26.1. The van der Waals surface area contributed by atoms with Crippen molar-refractivity contribution in [3.05, 3.63) is 80.7 Å². The Hall–Kier alpha value is -3.16. The molecule has 0 fully saturated rings. The molecule has 0 radical (unpaired) electrons. The van der Waals surface area contributed by atoms with E-state index in [4.69, 9.17) is 21.8 Å². The summed E-state index contributed by atoms with van der Waals surface area (Å²) < 4.78 is 5.01. The van der Waals surface area contributed by atoms with Crippen molar-refractivity contribution in [2.24, 2.45) is 5.73 Å². The molecule has 0 spiro atoms. The number of hydrogen-bond acceptors (Lipinski definition) is 5. The molecule has 2 heterocycles. The number of rotatable bonds is 5. The lowest BCUT2D eigenvalue weighted by Gasteiger charge is -2.08. The van der Waals surface area contributed by atoms with Gasteiger partial charge in [-0.05, 0) is 24.3 Å². The number of nitro groups is 1. The zero-order valence-electron chi connectivity index (χ0n) is 13.7. The quantitative estimate of drug-likeness (QED) is 0.377. The van der Waals surface area contributed by atoms with Crippen LogP contribution in [-0.2, 0) is 0 Å². The average molecular weight is 406 g/mol. The summed E-state index contributed by atoms with van der Waals surface area (Å²) in [6, 6.07) is 9.80. The molecule has 0 atom stereocenters. The lowest BCUT2D eigenvalue weighted by Crippen LogP contribution is -2.13. The number of para-hydroxylation sites is 1. The average Bonchev–Trinajstić information content (AvgIpc) is 3.08. The fourth-order valence-electron chi connectivity index (χ4n) is 2.39. The third-order valence-corrected chi connectivity index (χ3v) is 3.91. The van der Waals surface area contributed by atoms with E-state index in [1.54, 1.807) is 48.6 Å². The van der Waals surface area contributed by atoms with Gasteiger partial charge in [-0.1, -0.05) is 42.0 Å². The molecule has 3 aromatic rings. The fraction of sp³-hybridized carbons (Fsp3) is 0. The van der Waals surface area contributed by atoms with Crippen molar-refractivity contribution in [2.45, 2.75) is 0 Å². The molecule has 0 saturated carbocycles. The summed E-state index contributed by atoms with van der Waals surface area (Å²) in [5.74, 6) is -0.641. The number of nitrogens with zero attached hydrogens (tertiary/aromatic N) is 2. The first-order valence-electron chi connectivity index (χ1n) is 7.44. The highest BCUT2D eigenvalue weighted by atomic mass is 35.5. The van der Waals surface area contributed by atoms with Gasteiger partial charge in [0.25, 0.3) is 5.91 Å². The van der Waals surface area contributed by atoms with Crippen LogP contribution >= 0.6 is 24.0 Å². The standard InChI is InChI=1S/C18H12ClN3O4.ClH/c19-17-14(8-3-1-5-11-9-10-15(26-11)22(24)25)21-13-7-4-2-6-12(13)16(17)18(20)23;/h1-10H,(H2,20,23);1H. The minimum absolute atomic E-state index is 0. The van der Waals surface area contributed by atoms with Crippen molar-refractivity contribution in [2.75, 3.05) is 0 Å². The van der Waals surface area contributed by atoms with Crippen molar-refractivity contribution >= 4 is 58.9 Å². The number of carbonyl (C=O) groups excluding carboxylic acids is 1. The molecule has 0 bridgehead atoms. The Morgan fingerprint density at radius 3 is 2.56 bits per heavy atom. The van der Waals surface area contributed by atoms with Crippen LogP contribution in [0, 0.1) is 10.1 Å². The number of halogens is 2. The normalized spacial score (nSPS) is 11.1. The Morgan fingerprint density at radius 1 is 1.19 bits per heavy atom. The Labute approximate surface area is 164 Å². The van der Waals surface area contributed by atoms with Gasteiger partial charge < -0.3 is 10.2 Å². The number of pyridine rings is 1. The molecular weight excluding hydrogens is 393 g/mol. The molecule has 0 aliphatic rings. The molecule has 7 nitrogen and oxygen atoms in total. The highest BCUT2D eigenvalue weighted by molar-refractivity contribution is 6.36. The molecule has 1 aromatic carbocycles. The summed E-state index contributed by atoms with van der Waals surface area (Å²) in [5, 5.41) is 11.3. The van der Waals surface area contributed by atoms with E-state index < -0.39 is 10.8 Å². The Balaban J connectivity index is 0.00000261. The molecule has 1 amide bonds. The van der Waals surface area contributed by atoms with E-state index in [0.717, 1.165) is 0 Å². The van der Waals surface area contributed by atoms with Gasteiger partial charge in [0.1, 0.15) is 10.7 Å². The fourth-order valence-corrected chi connectivity index (χ4v) is 2.69. The van der Waals surface area contributed by atoms with Crippen molar-refractivity contribution in [3.63, 3.8) is 0 Å². The SMILES string of the molecule is Cl.NC(=O)c1c(Cl)c(C=CC=Cc2ccc([N+](=O)[O-])o2)nc2ccccc12. The van der Waals surface area contributed by atoms with Gasteiger partial charge in [-0.15, -0.1) is 12.4 Å². The number of allylic oxidation sites excluding steroid dienone is 2. The van der Waals surface area contributed by atoms with Gasteiger partial charge in [0, 0.05) is 5.39 Å². The predicted molar refractivity (Wildman–Crippen MR) is 106 cm³/mol. The predicted octanol–water partition coefficient (Wildman–Crippen LogP) is 4.64. The molecule has 0 saturated heterocycles. The van der Waals surface area contributed by atoms with Gasteiger partial charge in [-0.3, -0.25) is 14.9 Å². The van der Waals surface area contributed by atoms with Crippen LogP contribution in [0.25, 0.3) is 23.1 Å². The molecule has 0 aliphatic heterocycles. The van der Waals surface area contributed by atoms with E-state index in [2.05, 4.69) is 4.98 Å². The number of hydrogen-bond donors (Lipinski definition) is 1. The van der Waals surface area contributed by atoms with Crippen LogP contribution in [-0.4, -0.2) is 15.8 Å². The first kappa shape index (κ1) is 20.2. The van der Waals surface area contributed by atoms with Crippen LogP contribution < -0.4 is 5.73 Å². The van der Waals surface area contributed by atoms with Crippen LogP contribution in [0.4, 0.5) is 5.88 Å². The molecular formula is C18H13Cl2N3O4. The Bertz CT molecular complexity index is 1070. The van der Waals surface area contributed by atoms with Crippen LogP contribution in [0.5, 0.6) is 0 Å². The second-order valence-corrected chi connectivity index (χ2v) is 5.60. The van der Waals surface area contributed by atoms with Crippen molar-refractivity contribution in [3.8, 4) is 0 Å². The van der Waals surface area contributed by atoms with Gasteiger partial charge in [0.05, 0.1) is 27.9 Å². The first-order valence-corrected chi connectivity index (χ1v) is 7.82. The van der Waals surface area contributed by atoms with Crippen LogP contribution in [0.3, 0.4) is 0 Å². The van der Waals surface area contributed by atoms with Gasteiger partial charge >= 0.3 is 5.88 Å². The Morgan fingerprint density at radius 2 is 1.89 bits per heavy atom. The van der Waals surface area contributed by atoms with Crippen LogP contribution in [0.15, 0.2) is 53.0 Å². The zero-order chi connectivity index (χ0) is 18.7. The molecule has 2 N–H and O–H groups in total. The van der Waals surface area contributed by atoms with E-state index in [1.165, 1.54) is 12.1 Å². The summed E-state index contributed by atoms with van der Waals surface area (Å²) >= 11 is 6.28. The largest absolute Gasteiger partial charge is 0.433 e. The minimum Gasteiger partial charge on any atom is -0.401 e. The molecule has 138 valence electrons.